The molecule has 0 unspecified atom stereocenters. The van der Waals surface area contributed by atoms with E-state index < -0.39 is 0 Å². The summed E-state index contributed by atoms with van der Waals surface area (Å²) in [5.41, 5.74) is 6.01. The summed E-state index contributed by atoms with van der Waals surface area (Å²) in [6, 6.07) is 6.83. The summed E-state index contributed by atoms with van der Waals surface area (Å²) in [5, 5.41) is 0.629. The van der Waals surface area contributed by atoms with Gasteiger partial charge in [0, 0.05) is 17.2 Å². The maximum absolute atomic E-state index is 11.7. The number of carbonyl (C=O) groups excluding carboxylic acids is 1. The van der Waals surface area contributed by atoms with Gasteiger partial charge in [0.05, 0.1) is 0 Å². The van der Waals surface area contributed by atoms with E-state index in [-0.39, 0.29) is 12.4 Å². The standard InChI is InChI=1S/C13H18ClNO2/c14-12-6-4-11(5-7-12)13(16)10-17-9-3-1-2-8-15/h4-7H,1-3,8-10,15H2. The van der Waals surface area contributed by atoms with Crippen molar-refractivity contribution in [3.63, 3.8) is 0 Å². The molecule has 0 aromatic heterocycles. The SMILES string of the molecule is NCCCCCOCC(=O)c1ccc(Cl)cc1. The minimum absolute atomic E-state index is 0.0134. The zero-order valence-corrected chi connectivity index (χ0v) is 10.6. The van der Waals surface area contributed by atoms with E-state index >= 15 is 0 Å². The van der Waals surface area contributed by atoms with Crippen molar-refractivity contribution in [2.75, 3.05) is 19.8 Å². The number of benzene rings is 1. The highest BCUT2D eigenvalue weighted by Crippen LogP contribution is 2.10. The summed E-state index contributed by atoms with van der Waals surface area (Å²) in [6.07, 6.45) is 3.01. The van der Waals surface area contributed by atoms with Gasteiger partial charge < -0.3 is 10.5 Å². The molecule has 0 saturated carbocycles. The van der Waals surface area contributed by atoms with Crippen LogP contribution in [0.15, 0.2) is 24.3 Å². The van der Waals surface area contributed by atoms with Crippen molar-refractivity contribution in [3.8, 4) is 0 Å². The van der Waals surface area contributed by atoms with Gasteiger partial charge >= 0.3 is 0 Å². The Balaban J connectivity index is 2.19. The van der Waals surface area contributed by atoms with Gasteiger partial charge in [-0.25, -0.2) is 0 Å². The van der Waals surface area contributed by atoms with E-state index in [0.717, 1.165) is 19.3 Å². The molecule has 0 aliphatic rings. The van der Waals surface area contributed by atoms with Gasteiger partial charge in [-0.1, -0.05) is 11.6 Å². The number of carbonyl (C=O) groups is 1. The highest BCUT2D eigenvalue weighted by Gasteiger charge is 2.05. The largest absolute Gasteiger partial charge is 0.373 e. The van der Waals surface area contributed by atoms with E-state index in [1.807, 2.05) is 0 Å². The van der Waals surface area contributed by atoms with Crippen LogP contribution in [-0.2, 0) is 4.74 Å². The molecule has 4 heteroatoms. The van der Waals surface area contributed by atoms with Crippen LogP contribution in [0, 0.1) is 0 Å². The highest BCUT2D eigenvalue weighted by molar-refractivity contribution is 6.30. The molecule has 3 nitrogen and oxygen atoms in total. The second-order valence-corrected chi connectivity index (χ2v) is 4.27. The van der Waals surface area contributed by atoms with E-state index in [0.29, 0.717) is 23.7 Å². The average molecular weight is 256 g/mol. The molecule has 0 aliphatic heterocycles. The summed E-state index contributed by atoms with van der Waals surface area (Å²) in [7, 11) is 0. The van der Waals surface area contributed by atoms with Crippen LogP contribution in [-0.4, -0.2) is 25.5 Å². The van der Waals surface area contributed by atoms with Crippen LogP contribution in [0.4, 0.5) is 0 Å². The first-order valence-corrected chi connectivity index (χ1v) is 6.18. The lowest BCUT2D eigenvalue weighted by Crippen LogP contribution is -2.10. The first-order valence-electron chi connectivity index (χ1n) is 5.80. The third-order valence-corrected chi connectivity index (χ3v) is 2.64. The second-order valence-electron chi connectivity index (χ2n) is 3.83. The molecular weight excluding hydrogens is 238 g/mol. The Kier molecular flexibility index (Phi) is 6.86. The molecule has 2 N–H and O–H groups in total. The predicted molar refractivity (Wildman–Crippen MR) is 69.5 cm³/mol. The van der Waals surface area contributed by atoms with Gasteiger partial charge in [0.25, 0.3) is 0 Å². The molecule has 1 aromatic carbocycles. The molecule has 0 bridgehead atoms. The van der Waals surface area contributed by atoms with Crippen molar-refractivity contribution in [2.24, 2.45) is 5.73 Å². The molecule has 17 heavy (non-hydrogen) atoms. The smallest absolute Gasteiger partial charge is 0.188 e. The third-order valence-electron chi connectivity index (χ3n) is 2.39. The molecule has 0 aliphatic carbocycles. The van der Waals surface area contributed by atoms with Crippen molar-refractivity contribution in [1.29, 1.82) is 0 Å². The molecule has 1 rings (SSSR count). The quantitative estimate of drug-likeness (QED) is 0.574. The van der Waals surface area contributed by atoms with Crippen LogP contribution in [0.1, 0.15) is 29.6 Å². The van der Waals surface area contributed by atoms with Crippen LogP contribution in [0.25, 0.3) is 0 Å². The van der Waals surface area contributed by atoms with Gasteiger partial charge in [-0.3, -0.25) is 4.79 Å². The lowest BCUT2D eigenvalue weighted by atomic mass is 10.1. The summed E-state index contributed by atoms with van der Waals surface area (Å²) in [4.78, 5) is 11.7. The molecule has 94 valence electrons. The van der Waals surface area contributed by atoms with Crippen LogP contribution < -0.4 is 5.73 Å². The Morgan fingerprint density at radius 2 is 1.88 bits per heavy atom. The Morgan fingerprint density at radius 3 is 2.53 bits per heavy atom. The number of hydrogen-bond acceptors (Lipinski definition) is 3. The summed E-state index contributed by atoms with van der Waals surface area (Å²) in [6.45, 7) is 1.45. The first-order chi connectivity index (χ1) is 8.24. The molecule has 0 atom stereocenters. The summed E-state index contributed by atoms with van der Waals surface area (Å²) < 4.78 is 5.30. The molecule has 0 fully saturated rings. The van der Waals surface area contributed by atoms with E-state index in [1.165, 1.54) is 0 Å². The number of halogens is 1. The fraction of sp³-hybridized carbons (Fsp3) is 0.462. The average Bonchev–Trinajstić information content (AvgIpc) is 2.34. The first kappa shape index (κ1) is 14.2. The second kappa shape index (κ2) is 8.23. The molecule has 1 aromatic rings. The van der Waals surface area contributed by atoms with E-state index in [9.17, 15) is 4.79 Å². The number of nitrogens with two attached hydrogens (primary N) is 1. The minimum atomic E-state index is -0.0134. The third kappa shape index (κ3) is 5.82. The van der Waals surface area contributed by atoms with Crippen molar-refractivity contribution in [3.05, 3.63) is 34.9 Å². The molecule has 0 radical (unpaired) electrons. The zero-order valence-electron chi connectivity index (χ0n) is 9.82. The Hall–Kier alpha value is -0.900. The number of hydrogen-bond donors (Lipinski definition) is 1. The van der Waals surface area contributed by atoms with E-state index in [2.05, 4.69) is 0 Å². The number of ketones is 1. The number of rotatable bonds is 8. The van der Waals surface area contributed by atoms with Crippen LogP contribution in [0.2, 0.25) is 5.02 Å². The summed E-state index contributed by atoms with van der Waals surface area (Å²) in [5.74, 6) is -0.0134. The van der Waals surface area contributed by atoms with Crippen LogP contribution in [0.3, 0.4) is 0 Å². The normalized spacial score (nSPS) is 10.5. The lowest BCUT2D eigenvalue weighted by molar-refractivity contribution is 0.0752. The van der Waals surface area contributed by atoms with Gasteiger partial charge in [0.15, 0.2) is 5.78 Å². The van der Waals surface area contributed by atoms with Gasteiger partial charge in [-0.05, 0) is 50.1 Å². The van der Waals surface area contributed by atoms with Crippen LogP contribution >= 0.6 is 11.6 Å². The number of ether oxygens (including phenoxy) is 1. The fourth-order valence-corrected chi connectivity index (χ4v) is 1.54. The zero-order chi connectivity index (χ0) is 12.5. The monoisotopic (exact) mass is 255 g/mol. The summed E-state index contributed by atoms with van der Waals surface area (Å²) >= 11 is 5.74. The van der Waals surface area contributed by atoms with E-state index in [4.69, 9.17) is 22.1 Å². The Labute approximate surface area is 107 Å². The van der Waals surface area contributed by atoms with Gasteiger partial charge in [0.2, 0.25) is 0 Å². The topological polar surface area (TPSA) is 52.3 Å². The molecule has 0 heterocycles. The Morgan fingerprint density at radius 1 is 1.18 bits per heavy atom. The van der Waals surface area contributed by atoms with Crippen molar-refractivity contribution in [2.45, 2.75) is 19.3 Å². The molecular formula is C13H18ClNO2. The van der Waals surface area contributed by atoms with Gasteiger partial charge in [-0.2, -0.15) is 0 Å². The number of unbranched alkanes of at least 4 members (excludes halogenated alkanes) is 2. The van der Waals surface area contributed by atoms with Crippen LogP contribution in [0.5, 0.6) is 0 Å². The number of Topliss-reactive ketones (excluding diaryl/α,β-unsaturated/α-hetero) is 1. The van der Waals surface area contributed by atoms with Gasteiger partial charge in [-0.15, -0.1) is 0 Å². The lowest BCUT2D eigenvalue weighted by Gasteiger charge is -2.03. The maximum Gasteiger partial charge on any atom is 0.188 e. The maximum atomic E-state index is 11.7. The molecule has 0 amide bonds. The molecule has 0 spiro atoms. The van der Waals surface area contributed by atoms with Crippen molar-refractivity contribution < 1.29 is 9.53 Å². The van der Waals surface area contributed by atoms with Crippen molar-refractivity contribution >= 4 is 17.4 Å². The van der Waals surface area contributed by atoms with Gasteiger partial charge in [0.1, 0.15) is 6.61 Å². The fourth-order valence-electron chi connectivity index (χ4n) is 1.41. The highest BCUT2D eigenvalue weighted by atomic mass is 35.5. The molecule has 0 saturated heterocycles. The minimum Gasteiger partial charge on any atom is -0.373 e. The Bertz CT molecular complexity index is 338. The van der Waals surface area contributed by atoms with E-state index in [1.54, 1.807) is 24.3 Å². The van der Waals surface area contributed by atoms with Crippen molar-refractivity contribution in [1.82, 2.24) is 0 Å². The predicted octanol–water partition coefficient (Wildman–Crippen LogP) is 2.67.